The fraction of sp³-hybridized carbons (Fsp3) is 1.00. The van der Waals surface area contributed by atoms with Crippen molar-refractivity contribution in [2.45, 2.75) is 65.1 Å². The first-order valence-electron chi connectivity index (χ1n) is 5.39. The lowest BCUT2D eigenvalue weighted by Gasteiger charge is -2.32. The van der Waals surface area contributed by atoms with Crippen molar-refractivity contribution in [2.24, 2.45) is 5.92 Å². The van der Waals surface area contributed by atoms with Gasteiger partial charge in [-0.1, -0.05) is 26.2 Å². The molecule has 0 aliphatic heterocycles. The van der Waals surface area contributed by atoms with Crippen LogP contribution >= 0.6 is 0 Å². The van der Waals surface area contributed by atoms with Gasteiger partial charge >= 0.3 is 0 Å². The summed E-state index contributed by atoms with van der Waals surface area (Å²) < 4.78 is 5.89. The van der Waals surface area contributed by atoms with Crippen LogP contribution in [0.1, 0.15) is 52.9 Å². The molecule has 0 unspecified atom stereocenters. The molecule has 0 bridgehead atoms. The van der Waals surface area contributed by atoms with E-state index in [9.17, 15) is 0 Å². The molecular weight excluding hydrogens is 148 g/mol. The van der Waals surface area contributed by atoms with Gasteiger partial charge in [-0.25, -0.2) is 0 Å². The summed E-state index contributed by atoms with van der Waals surface area (Å²) in [5.74, 6) is 0.834. The highest BCUT2D eigenvalue weighted by atomic mass is 16.5. The van der Waals surface area contributed by atoms with Crippen LogP contribution in [0.15, 0.2) is 0 Å². The van der Waals surface area contributed by atoms with E-state index in [0.29, 0.717) is 12.2 Å². The number of ether oxygens (including phenoxy) is 1. The highest BCUT2D eigenvalue weighted by Crippen LogP contribution is 2.29. The second kappa shape index (κ2) is 4.86. The topological polar surface area (TPSA) is 9.23 Å². The van der Waals surface area contributed by atoms with Crippen molar-refractivity contribution in [3.8, 4) is 0 Å². The second-order valence-corrected chi connectivity index (χ2v) is 4.18. The van der Waals surface area contributed by atoms with E-state index in [2.05, 4.69) is 20.8 Å². The first-order chi connectivity index (χ1) is 5.74. The summed E-state index contributed by atoms with van der Waals surface area (Å²) in [6.45, 7) is 6.56. The molecular formula is C11H22O. The molecule has 0 heterocycles. The molecule has 1 heteroatoms. The van der Waals surface area contributed by atoms with Crippen LogP contribution < -0.4 is 0 Å². The van der Waals surface area contributed by atoms with Gasteiger partial charge in [-0.05, 0) is 32.6 Å². The van der Waals surface area contributed by atoms with Crippen LogP contribution in [-0.4, -0.2) is 12.2 Å². The van der Waals surface area contributed by atoms with E-state index in [-0.39, 0.29) is 0 Å². The van der Waals surface area contributed by atoms with E-state index in [1.165, 1.54) is 32.1 Å². The summed E-state index contributed by atoms with van der Waals surface area (Å²) in [7, 11) is 0. The summed E-state index contributed by atoms with van der Waals surface area (Å²) >= 11 is 0. The Bertz CT molecular complexity index is 120. The van der Waals surface area contributed by atoms with Gasteiger partial charge in [-0.3, -0.25) is 0 Å². The lowest BCUT2D eigenvalue weighted by atomic mass is 9.84. The van der Waals surface area contributed by atoms with Gasteiger partial charge in [0.05, 0.1) is 12.2 Å². The zero-order valence-electron chi connectivity index (χ0n) is 8.68. The van der Waals surface area contributed by atoms with Crippen molar-refractivity contribution in [1.29, 1.82) is 0 Å². The van der Waals surface area contributed by atoms with Crippen LogP contribution in [0.3, 0.4) is 0 Å². The van der Waals surface area contributed by atoms with Crippen molar-refractivity contribution in [1.82, 2.24) is 0 Å². The highest BCUT2D eigenvalue weighted by Gasteiger charge is 2.24. The monoisotopic (exact) mass is 170 g/mol. The molecule has 0 aromatic rings. The van der Waals surface area contributed by atoms with Crippen LogP contribution in [0.5, 0.6) is 0 Å². The quantitative estimate of drug-likeness (QED) is 0.631. The molecule has 0 saturated heterocycles. The average Bonchev–Trinajstić information content (AvgIpc) is 2.04. The minimum absolute atomic E-state index is 0.405. The van der Waals surface area contributed by atoms with E-state index in [1.54, 1.807) is 0 Å². The Balaban J connectivity index is 2.36. The number of hydrogen-bond acceptors (Lipinski definition) is 1. The molecule has 2 atom stereocenters. The summed E-state index contributed by atoms with van der Waals surface area (Å²) in [5.41, 5.74) is 0. The van der Waals surface area contributed by atoms with Crippen molar-refractivity contribution < 1.29 is 4.74 Å². The zero-order valence-corrected chi connectivity index (χ0v) is 8.68. The van der Waals surface area contributed by atoms with Gasteiger partial charge in [0, 0.05) is 0 Å². The Hall–Kier alpha value is -0.0400. The Morgan fingerprint density at radius 3 is 2.50 bits per heavy atom. The Kier molecular flexibility index (Phi) is 4.07. The van der Waals surface area contributed by atoms with Crippen molar-refractivity contribution in [3.63, 3.8) is 0 Å². The van der Waals surface area contributed by atoms with Gasteiger partial charge in [0.1, 0.15) is 0 Å². The molecule has 0 spiro atoms. The molecule has 0 radical (unpaired) electrons. The van der Waals surface area contributed by atoms with Crippen molar-refractivity contribution in [2.75, 3.05) is 0 Å². The molecule has 1 aliphatic carbocycles. The predicted molar refractivity (Wildman–Crippen MR) is 52.3 cm³/mol. The second-order valence-electron chi connectivity index (χ2n) is 4.18. The Morgan fingerprint density at radius 1 is 1.25 bits per heavy atom. The van der Waals surface area contributed by atoms with E-state index in [1.807, 2.05) is 0 Å². The third kappa shape index (κ3) is 2.78. The fourth-order valence-electron chi connectivity index (χ4n) is 2.17. The summed E-state index contributed by atoms with van der Waals surface area (Å²) in [5, 5.41) is 0. The SMILES string of the molecule is CC[C@H]1CCCC[C@@H]1OC(C)C. The van der Waals surface area contributed by atoms with Crippen LogP contribution in [-0.2, 0) is 4.74 Å². The molecule has 1 fully saturated rings. The lowest BCUT2D eigenvalue weighted by molar-refractivity contribution is -0.0457. The standard InChI is InChI=1S/C11H22O/c1-4-10-7-5-6-8-11(10)12-9(2)3/h9-11H,4-8H2,1-3H3/t10-,11-/m0/s1. The van der Waals surface area contributed by atoms with Crippen molar-refractivity contribution >= 4 is 0 Å². The van der Waals surface area contributed by atoms with E-state index < -0.39 is 0 Å². The zero-order chi connectivity index (χ0) is 8.97. The molecule has 1 nitrogen and oxygen atoms in total. The van der Waals surface area contributed by atoms with E-state index in [0.717, 1.165) is 5.92 Å². The summed E-state index contributed by atoms with van der Waals surface area (Å²) in [6.07, 6.45) is 7.71. The Morgan fingerprint density at radius 2 is 1.92 bits per heavy atom. The molecule has 1 saturated carbocycles. The molecule has 0 aromatic carbocycles. The maximum atomic E-state index is 5.89. The molecule has 1 rings (SSSR count). The fourth-order valence-corrected chi connectivity index (χ4v) is 2.17. The summed E-state index contributed by atoms with van der Waals surface area (Å²) in [6, 6.07) is 0. The van der Waals surface area contributed by atoms with Crippen molar-refractivity contribution in [3.05, 3.63) is 0 Å². The van der Waals surface area contributed by atoms with E-state index >= 15 is 0 Å². The van der Waals surface area contributed by atoms with Crippen LogP contribution in [0.2, 0.25) is 0 Å². The molecule has 72 valence electrons. The largest absolute Gasteiger partial charge is 0.375 e. The van der Waals surface area contributed by atoms with Gasteiger partial charge in [0.25, 0.3) is 0 Å². The van der Waals surface area contributed by atoms with Gasteiger partial charge < -0.3 is 4.74 Å². The van der Waals surface area contributed by atoms with Crippen LogP contribution in [0.25, 0.3) is 0 Å². The third-order valence-electron chi connectivity index (χ3n) is 2.81. The minimum Gasteiger partial charge on any atom is -0.375 e. The van der Waals surface area contributed by atoms with Crippen LogP contribution in [0, 0.1) is 5.92 Å². The van der Waals surface area contributed by atoms with Gasteiger partial charge in [-0.15, -0.1) is 0 Å². The Labute approximate surface area is 76.5 Å². The van der Waals surface area contributed by atoms with Crippen LogP contribution in [0.4, 0.5) is 0 Å². The van der Waals surface area contributed by atoms with Gasteiger partial charge in [-0.2, -0.15) is 0 Å². The molecule has 0 aromatic heterocycles. The first-order valence-corrected chi connectivity index (χ1v) is 5.39. The van der Waals surface area contributed by atoms with E-state index in [4.69, 9.17) is 4.74 Å². The molecule has 1 aliphatic rings. The predicted octanol–water partition coefficient (Wildman–Crippen LogP) is 3.38. The first kappa shape index (κ1) is 10.0. The maximum Gasteiger partial charge on any atom is 0.0606 e. The maximum absolute atomic E-state index is 5.89. The van der Waals surface area contributed by atoms with Gasteiger partial charge in [0.2, 0.25) is 0 Å². The molecule has 12 heavy (non-hydrogen) atoms. The smallest absolute Gasteiger partial charge is 0.0606 e. The normalized spacial score (nSPS) is 31.0. The average molecular weight is 170 g/mol. The summed E-state index contributed by atoms with van der Waals surface area (Å²) in [4.78, 5) is 0. The number of hydrogen-bond donors (Lipinski definition) is 0. The highest BCUT2D eigenvalue weighted by molar-refractivity contribution is 4.75. The lowest BCUT2D eigenvalue weighted by Crippen LogP contribution is -2.29. The third-order valence-corrected chi connectivity index (χ3v) is 2.81. The number of rotatable bonds is 3. The molecule has 0 amide bonds. The van der Waals surface area contributed by atoms with Gasteiger partial charge in [0.15, 0.2) is 0 Å². The minimum atomic E-state index is 0.405. The molecule has 0 N–H and O–H groups in total.